The summed E-state index contributed by atoms with van der Waals surface area (Å²) >= 11 is 3.41. The number of halogens is 1. The van der Waals surface area contributed by atoms with E-state index >= 15 is 0 Å². The molecule has 0 spiro atoms. The average Bonchev–Trinajstić information content (AvgIpc) is 3.15. The first kappa shape index (κ1) is 22.0. The van der Waals surface area contributed by atoms with Gasteiger partial charge in [-0.15, -0.1) is 0 Å². The Hall–Kier alpha value is -2.80. The summed E-state index contributed by atoms with van der Waals surface area (Å²) < 4.78 is 0.921. The summed E-state index contributed by atoms with van der Waals surface area (Å²) in [6.07, 6.45) is 0.246. The van der Waals surface area contributed by atoms with Crippen molar-refractivity contribution >= 4 is 33.4 Å². The number of benzene rings is 3. The molecular weight excluding hydrogens is 478 g/mol. The molecule has 2 saturated heterocycles. The summed E-state index contributed by atoms with van der Waals surface area (Å²) in [6, 6.07) is 28.3. The number of hydrogen-bond acceptors (Lipinski definition) is 4. The Bertz CT molecular complexity index is 1070. The molecule has 2 heterocycles. The van der Waals surface area contributed by atoms with Crippen LogP contribution < -0.4 is 4.90 Å². The van der Waals surface area contributed by atoms with Crippen molar-refractivity contribution in [3.05, 3.63) is 101 Å². The molecular formula is C27H26BrN3O2. The first-order valence-corrected chi connectivity index (χ1v) is 12.1. The van der Waals surface area contributed by atoms with Crippen LogP contribution in [0, 0.1) is 0 Å². The Morgan fingerprint density at radius 1 is 0.727 bits per heavy atom. The number of nitrogens with zero attached hydrogens (tertiary/aromatic N) is 3. The minimum Gasteiger partial charge on any atom is -0.290 e. The van der Waals surface area contributed by atoms with Gasteiger partial charge in [-0.2, -0.15) is 0 Å². The van der Waals surface area contributed by atoms with E-state index < -0.39 is 0 Å². The molecule has 168 valence electrons. The van der Waals surface area contributed by atoms with E-state index in [-0.39, 0.29) is 30.3 Å². The maximum absolute atomic E-state index is 13.2. The second-order valence-corrected chi connectivity index (χ2v) is 9.48. The molecule has 0 saturated carbocycles. The Kier molecular flexibility index (Phi) is 6.40. The zero-order chi connectivity index (χ0) is 22.8. The number of imide groups is 1. The van der Waals surface area contributed by atoms with E-state index in [4.69, 9.17) is 0 Å². The van der Waals surface area contributed by atoms with Crippen LogP contribution in [0.4, 0.5) is 5.69 Å². The summed E-state index contributed by atoms with van der Waals surface area (Å²) in [7, 11) is 0. The standard InChI is InChI=1S/C27H26BrN3O2/c28-22-11-13-23(14-12-22)31-25(32)19-24(27(31)33)29-15-17-30(18-16-29)26(20-7-3-1-4-8-20)21-9-5-2-6-10-21/h1-14,24,26H,15-19H2. The van der Waals surface area contributed by atoms with Crippen molar-refractivity contribution in [2.45, 2.75) is 18.5 Å². The lowest BCUT2D eigenvalue weighted by molar-refractivity contribution is -0.123. The maximum Gasteiger partial charge on any atom is 0.251 e. The third-order valence-electron chi connectivity index (χ3n) is 6.59. The van der Waals surface area contributed by atoms with Gasteiger partial charge in [0, 0.05) is 30.7 Å². The molecule has 0 bridgehead atoms. The number of amides is 2. The highest BCUT2D eigenvalue weighted by Crippen LogP contribution is 2.31. The summed E-state index contributed by atoms with van der Waals surface area (Å²) in [6.45, 7) is 3.19. The Morgan fingerprint density at radius 3 is 1.82 bits per heavy atom. The highest BCUT2D eigenvalue weighted by molar-refractivity contribution is 9.10. The van der Waals surface area contributed by atoms with Crippen molar-refractivity contribution in [1.29, 1.82) is 0 Å². The average molecular weight is 504 g/mol. The SMILES string of the molecule is O=C1CC(N2CCN(C(c3ccccc3)c3ccccc3)CC2)C(=O)N1c1ccc(Br)cc1. The number of carbonyl (C=O) groups excluding carboxylic acids is 2. The molecule has 0 aromatic heterocycles. The molecule has 5 nitrogen and oxygen atoms in total. The lowest BCUT2D eigenvalue weighted by atomic mass is 9.96. The van der Waals surface area contributed by atoms with Crippen molar-refractivity contribution in [2.24, 2.45) is 0 Å². The van der Waals surface area contributed by atoms with E-state index in [1.54, 1.807) is 0 Å². The van der Waals surface area contributed by atoms with Gasteiger partial charge in [0.05, 0.1) is 24.2 Å². The molecule has 1 atom stereocenters. The van der Waals surface area contributed by atoms with Gasteiger partial charge < -0.3 is 0 Å². The largest absolute Gasteiger partial charge is 0.290 e. The summed E-state index contributed by atoms with van der Waals surface area (Å²) in [5.74, 6) is -0.236. The number of anilines is 1. The van der Waals surface area contributed by atoms with Crippen LogP contribution in [0.5, 0.6) is 0 Å². The zero-order valence-corrected chi connectivity index (χ0v) is 19.9. The van der Waals surface area contributed by atoms with Crippen LogP contribution in [-0.4, -0.2) is 53.8 Å². The van der Waals surface area contributed by atoms with Gasteiger partial charge in [0.15, 0.2) is 0 Å². The summed E-state index contributed by atoms with van der Waals surface area (Å²) in [5.41, 5.74) is 3.18. The molecule has 2 aliphatic heterocycles. The van der Waals surface area contributed by atoms with Gasteiger partial charge in [0.25, 0.3) is 5.91 Å². The molecule has 5 rings (SSSR count). The minimum atomic E-state index is -0.379. The van der Waals surface area contributed by atoms with E-state index in [0.717, 1.165) is 30.7 Å². The third kappa shape index (κ3) is 4.51. The van der Waals surface area contributed by atoms with E-state index in [0.29, 0.717) is 5.69 Å². The monoisotopic (exact) mass is 503 g/mol. The predicted octanol–water partition coefficient (Wildman–Crippen LogP) is 4.49. The summed E-state index contributed by atoms with van der Waals surface area (Å²) in [5, 5.41) is 0. The molecule has 2 aliphatic rings. The lowest BCUT2D eigenvalue weighted by Gasteiger charge is -2.41. The molecule has 3 aromatic carbocycles. The molecule has 2 fully saturated rings. The Morgan fingerprint density at radius 2 is 1.27 bits per heavy atom. The van der Waals surface area contributed by atoms with Crippen molar-refractivity contribution < 1.29 is 9.59 Å². The molecule has 2 amide bonds. The van der Waals surface area contributed by atoms with Crippen molar-refractivity contribution in [1.82, 2.24) is 9.80 Å². The van der Waals surface area contributed by atoms with E-state index in [9.17, 15) is 9.59 Å². The number of rotatable bonds is 5. The van der Waals surface area contributed by atoms with Crippen molar-refractivity contribution in [3.8, 4) is 0 Å². The Balaban J connectivity index is 1.31. The fraction of sp³-hybridized carbons (Fsp3) is 0.259. The zero-order valence-electron chi connectivity index (χ0n) is 18.3. The Labute approximate surface area is 202 Å². The molecule has 1 unspecified atom stereocenters. The van der Waals surface area contributed by atoms with Crippen LogP contribution in [0.25, 0.3) is 0 Å². The van der Waals surface area contributed by atoms with E-state index in [1.165, 1.54) is 16.0 Å². The third-order valence-corrected chi connectivity index (χ3v) is 7.12. The quantitative estimate of drug-likeness (QED) is 0.481. The van der Waals surface area contributed by atoms with Gasteiger partial charge in [-0.05, 0) is 35.4 Å². The van der Waals surface area contributed by atoms with E-state index in [1.807, 2.05) is 36.4 Å². The van der Waals surface area contributed by atoms with Crippen LogP contribution >= 0.6 is 15.9 Å². The van der Waals surface area contributed by atoms with Crippen LogP contribution in [-0.2, 0) is 9.59 Å². The fourth-order valence-corrected chi connectivity index (χ4v) is 5.22. The van der Waals surface area contributed by atoms with Crippen LogP contribution in [0.2, 0.25) is 0 Å². The second kappa shape index (κ2) is 9.59. The second-order valence-electron chi connectivity index (χ2n) is 8.56. The van der Waals surface area contributed by atoms with Gasteiger partial charge in [-0.25, -0.2) is 4.90 Å². The topological polar surface area (TPSA) is 43.9 Å². The number of hydrogen-bond donors (Lipinski definition) is 0. The van der Waals surface area contributed by atoms with Gasteiger partial charge in [-0.1, -0.05) is 76.6 Å². The van der Waals surface area contributed by atoms with Crippen LogP contribution in [0.15, 0.2) is 89.4 Å². The minimum absolute atomic E-state index is 0.113. The number of piperazine rings is 1. The first-order chi connectivity index (χ1) is 16.1. The molecule has 0 aliphatic carbocycles. The maximum atomic E-state index is 13.2. The van der Waals surface area contributed by atoms with Crippen LogP contribution in [0.1, 0.15) is 23.6 Å². The van der Waals surface area contributed by atoms with Gasteiger partial charge >= 0.3 is 0 Å². The molecule has 33 heavy (non-hydrogen) atoms. The highest BCUT2D eigenvalue weighted by Gasteiger charge is 2.43. The molecule has 6 heteroatoms. The van der Waals surface area contributed by atoms with Crippen molar-refractivity contribution in [3.63, 3.8) is 0 Å². The van der Waals surface area contributed by atoms with Gasteiger partial charge in [0.2, 0.25) is 5.91 Å². The smallest absolute Gasteiger partial charge is 0.251 e. The summed E-state index contributed by atoms with van der Waals surface area (Å²) in [4.78, 5) is 31.9. The van der Waals surface area contributed by atoms with Gasteiger partial charge in [-0.3, -0.25) is 19.4 Å². The number of carbonyl (C=O) groups is 2. The van der Waals surface area contributed by atoms with E-state index in [2.05, 4.69) is 74.3 Å². The van der Waals surface area contributed by atoms with Crippen molar-refractivity contribution in [2.75, 3.05) is 31.1 Å². The predicted molar refractivity (Wildman–Crippen MR) is 133 cm³/mol. The highest BCUT2D eigenvalue weighted by atomic mass is 79.9. The van der Waals surface area contributed by atoms with Gasteiger partial charge in [0.1, 0.15) is 0 Å². The van der Waals surface area contributed by atoms with Crippen LogP contribution in [0.3, 0.4) is 0 Å². The molecule has 0 N–H and O–H groups in total. The normalized spacial score (nSPS) is 20.1. The lowest BCUT2D eigenvalue weighted by Crippen LogP contribution is -2.53. The first-order valence-electron chi connectivity index (χ1n) is 11.3. The fourth-order valence-electron chi connectivity index (χ4n) is 4.95. The molecule has 0 radical (unpaired) electrons. The molecule has 3 aromatic rings.